The van der Waals surface area contributed by atoms with Crippen molar-refractivity contribution in [2.75, 3.05) is 0 Å². The molecule has 0 atom stereocenters. The van der Waals surface area contributed by atoms with Crippen LogP contribution in [0.25, 0.3) is 0 Å². The Balaban J connectivity index is 2.55. The lowest BCUT2D eigenvalue weighted by molar-refractivity contribution is 0.674. The zero-order valence-electron chi connectivity index (χ0n) is 15.5. The van der Waals surface area contributed by atoms with Crippen LogP contribution in [0.1, 0.15) is 60.3 Å². The molecule has 0 nitrogen and oxygen atoms in total. The average Bonchev–Trinajstić information content (AvgIpc) is 2.82. The van der Waals surface area contributed by atoms with E-state index in [1.54, 1.807) is 0 Å². The van der Waals surface area contributed by atoms with Gasteiger partial charge < -0.3 is 0 Å². The van der Waals surface area contributed by atoms with Gasteiger partial charge in [-0.3, -0.25) is 0 Å². The molecule has 0 amide bonds. The first-order valence-corrected chi connectivity index (χ1v) is 14.7. The highest BCUT2D eigenvalue weighted by atomic mass is 28.4. The maximum Gasteiger partial charge on any atom is 0.0868 e. The Hall–Kier alpha value is -0.346. The van der Waals surface area contributed by atoms with Crippen molar-refractivity contribution in [3.05, 3.63) is 24.3 Å². The Morgan fingerprint density at radius 3 is 1.55 bits per heavy atom. The molecule has 0 saturated heterocycles. The summed E-state index contributed by atoms with van der Waals surface area (Å²) in [7, 11) is -2.59. The van der Waals surface area contributed by atoms with Gasteiger partial charge in [-0.25, -0.2) is 0 Å². The molecule has 0 unspecified atom stereocenters. The average molecular weight is 333 g/mol. The molecule has 0 radical (unpaired) electrons. The molecule has 1 aliphatic heterocycles. The standard InChI is InChI=1S/C20H36Si2/c1-6-11-12-17-20-21(7-2,8-3)18-15-13-14-16-19(18)22(20,9-4)10-5/h13-16,20H,6-12,17H2,1-5H3. The molecule has 22 heavy (non-hydrogen) atoms. The van der Waals surface area contributed by atoms with E-state index in [-0.39, 0.29) is 0 Å². The van der Waals surface area contributed by atoms with Gasteiger partial charge in [0, 0.05) is 0 Å². The third-order valence-corrected chi connectivity index (χ3v) is 21.8. The van der Waals surface area contributed by atoms with Gasteiger partial charge >= 0.3 is 0 Å². The van der Waals surface area contributed by atoms with E-state index in [4.69, 9.17) is 0 Å². The second-order valence-electron chi connectivity index (χ2n) is 7.32. The number of unbranched alkanes of at least 4 members (excludes halogenated alkanes) is 2. The van der Waals surface area contributed by atoms with Gasteiger partial charge in [-0.1, -0.05) is 119 Å². The summed E-state index contributed by atoms with van der Waals surface area (Å²) in [6.45, 7) is 12.4. The molecular formula is C20H36Si2. The summed E-state index contributed by atoms with van der Waals surface area (Å²) in [5, 5.41) is 4.88. The predicted octanol–water partition coefficient (Wildman–Crippen LogP) is 5.58. The van der Waals surface area contributed by atoms with Crippen molar-refractivity contribution in [1.29, 1.82) is 0 Å². The molecule has 0 bridgehead atoms. The Labute approximate surface area is 140 Å². The van der Waals surface area contributed by atoms with E-state index in [0.29, 0.717) is 0 Å². The normalized spacial score (nSPS) is 19.3. The van der Waals surface area contributed by atoms with Crippen molar-refractivity contribution >= 4 is 26.5 Å². The smallest absolute Gasteiger partial charge is 0.0675 e. The summed E-state index contributed by atoms with van der Waals surface area (Å²) < 4.78 is 0. The molecule has 1 heterocycles. The lowest BCUT2D eigenvalue weighted by atomic mass is 10.2. The van der Waals surface area contributed by atoms with Gasteiger partial charge in [0.2, 0.25) is 0 Å². The van der Waals surface area contributed by atoms with Gasteiger partial charge in [0.25, 0.3) is 0 Å². The zero-order chi connectivity index (χ0) is 16.2. The van der Waals surface area contributed by atoms with Crippen LogP contribution in [-0.4, -0.2) is 16.1 Å². The first kappa shape index (κ1) is 18.0. The molecule has 2 heteroatoms. The van der Waals surface area contributed by atoms with Crippen LogP contribution in [0.3, 0.4) is 0 Å². The fraction of sp³-hybridized carbons (Fsp3) is 0.700. The molecule has 0 aromatic heterocycles. The van der Waals surface area contributed by atoms with E-state index in [1.807, 2.05) is 10.4 Å². The van der Waals surface area contributed by atoms with E-state index in [1.165, 1.54) is 49.9 Å². The summed E-state index contributed by atoms with van der Waals surface area (Å²) in [6, 6.07) is 15.6. The fourth-order valence-electron chi connectivity index (χ4n) is 5.65. The molecule has 0 spiro atoms. The number of rotatable bonds is 8. The van der Waals surface area contributed by atoms with E-state index in [9.17, 15) is 0 Å². The van der Waals surface area contributed by atoms with Gasteiger partial charge in [0.05, 0.1) is 16.1 Å². The third-order valence-electron chi connectivity index (χ3n) is 6.95. The summed E-state index contributed by atoms with van der Waals surface area (Å²) in [6.07, 6.45) is 5.80. The summed E-state index contributed by atoms with van der Waals surface area (Å²) >= 11 is 0. The lowest BCUT2D eigenvalue weighted by Crippen LogP contribution is -2.51. The summed E-state index contributed by atoms with van der Waals surface area (Å²) in [4.78, 5) is 0. The van der Waals surface area contributed by atoms with Crippen LogP contribution in [0.5, 0.6) is 0 Å². The molecule has 0 fully saturated rings. The SMILES string of the molecule is CCCCCC1[Si](CC)(CC)c2ccccc2[Si]1(CC)CC. The van der Waals surface area contributed by atoms with Gasteiger partial charge in [-0.15, -0.1) is 0 Å². The maximum atomic E-state index is 2.54. The predicted molar refractivity (Wildman–Crippen MR) is 107 cm³/mol. The van der Waals surface area contributed by atoms with Crippen molar-refractivity contribution in [3.63, 3.8) is 0 Å². The van der Waals surface area contributed by atoms with E-state index in [2.05, 4.69) is 58.9 Å². The Bertz CT molecular complexity index is 433. The van der Waals surface area contributed by atoms with Gasteiger partial charge in [0.1, 0.15) is 0 Å². The summed E-state index contributed by atoms with van der Waals surface area (Å²) in [5.41, 5.74) is 0. The minimum Gasteiger partial charge on any atom is -0.0675 e. The van der Waals surface area contributed by atoms with Crippen molar-refractivity contribution in [2.24, 2.45) is 0 Å². The highest BCUT2D eigenvalue weighted by molar-refractivity contribution is 7.17. The van der Waals surface area contributed by atoms with E-state index >= 15 is 0 Å². The molecule has 0 N–H and O–H groups in total. The van der Waals surface area contributed by atoms with Crippen molar-refractivity contribution in [3.8, 4) is 0 Å². The minimum atomic E-state index is -1.30. The third kappa shape index (κ3) is 2.56. The Kier molecular flexibility index (Phi) is 6.12. The Morgan fingerprint density at radius 2 is 1.18 bits per heavy atom. The van der Waals surface area contributed by atoms with Crippen LogP contribution >= 0.6 is 0 Å². The van der Waals surface area contributed by atoms with Crippen molar-refractivity contribution in [2.45, 2.75) is 89.6 Å². The highest BCUT2D eigenvalue weighted by Crippen LogP contribution is 2.47. The van der Waals surface area contributed by atoms with E-state index < -0.39 is 16.1 Å². The largest absolute Gasteiger partial charge is 0.0868 e. The molecule has 2 rings (SSSR count). The fourth-order valence-corrected chi connectivity index (χ4v) is 23.6. The van der Waals surface area contributed by atoms with Crippen LogP contribution in [0.4, 0.5) is 0 Å². The first-order valence-electron chi connectivity index (χ1n) is 9.76. The highest BCUT2D eigenvalue weighted by Gasteiger charge is 2.58. The van der Waals surface area contributed by atoms with Crippen LogP contribution < -0.4 is 10.4 Å². The van der Waals surface area contributed by atoms with Crippen LogP contribution in [-0.2, 0) is 0 Å². The molecule has 0 aliphatic carbocycles. The molecule has 1 aromatic carbocycles. The van der Waals surface area contributed by atoms with Crippen LogP contribution in [0.15, 0.2) is 24.3 Å². The van der Waals surface area contributed by atoms with Gasteiger partial charge in [-0.05, 0) is 5.16 Å². The topological polar surface area (TPSA) is 0 Å². The number of benzene rings is 1. The zero-order valence-corrected chi connectivity index (χ0v) is 17.5. The second kappa shape index (κ2) is 7.48. The van der Waals surface area contributed by atoms with Crippen molar-refractivity contribution in [1.82, 2.24) is 0 Å². The molecule has 0 saturated carbocycles. The lowest BCUT2D eigenvalue weighted by Gasteiger charge is -2.41. The molecular weight excluding hydrogens is 296 g/mol. The van der Waals surface area contributed by atoms with Crippen molar-refractivity contribution < 1.29 is 0 Å². The van der Waals surface area contributed by atoms with Crippen LogP contribution in [0.2, 0.25) is 29.3 Å². The van der Waals surface area contributed by atoms with Gasteiger partial charge in [-0.2, -0.15) is 0 Å². The molecule has 1 aromatic rings. The first-order chi connectivity index (χ1) is 10.7. The number of hydrogen-bond acceptors (Lipinski definition) is 0. The minimum absolute atomic E-state index is 1.11. The molecule has 124 valence electrons. The van der Waals surface area contributed by atoms with Crippen LogP contribution in [0, 0.1) is 0 Å². The monoisotopic (exact) mass is 332 g/mol. The quantitative estimate of drug-likeness (QED) is 0.430. The maximum absolute atomic E-state index is 2.54. The second-order valence-corrected chi connectivity index (χ2v) is 17.8. The Morgan fingerprint density at radius 1 is 0.727 bits per heavy atom. The van der Waals surface area contributed by atoms with Gasteiger partial charge in [0.15, 0.2) is 0 Å². The number of hydrogen-bond donors (Lipinski definition) is 0. The van der Waals surface area contributed by atoms with E-state index in [0.717, 1.165) is 5.16 Å². The molecule has 1 aliphatic rings. The summed E-state index contributed by atoms with van der Waals surface area (Å²) in [5.74, 6) is 0. The number of fused-ring (bicyclic) bond motifs is 1.